The minimum atomic E-state index is 0.0408. The Hall–Kier alpha value is -3.00. The molecule has 3 heterocycles. The van der Waals surface area contributed by atoms with Gasteiger partial charge in [-0.1, -0.05) is 11.6 Å². The molecule has 0 aliphatic carbocycles. The number of pyridine rings is 1. The molecule has 0 radical (unpaired) electrons. The molecule has 0 spiro atoms. The van der Waals surface area contributed by atoms with Crippen molar-refractivity contribution in [3.05, 3.63) is 41.7 Å². The van der Waals surface area contributed by atoms with Crippen LogP contribution in [0.5, 0.6) is 11.6 Å². The molecule has 1 aliphatic heterocycles. The highest BCUT2D eigenvalue weighted by Gasteiger charge is 2.23. The van der Waals surface area contributed by atoms with Crippen LogP contribution in [-0.2, 0) is 11.3 Å². The molecule has 1 fully saturated rings. The molecule has 152 valence electrons. The lowest BCUT2D eigenvalue weighted by molar-refractivity contribution is -0.132. The van der Waals surface area contributed by atoms with Crippen molar-refractivity contribution in [2.75, 3.05) is 45.3 Å². The highest BCUT2D eigenvalue weighted by molar-refractivity contribution is 6.32. The van der Waals surface area contributed by atoms with Gasteiger partial charge < -0.3 is 19.3 Å². The van der Waals surface area contributed by atoms with Crippen LogP contribution in [0, 0.1) is 0 Å². The van der Waals surface area contributed by atoms with Gasteiger partial charge in [0, 0.05) is 44.1 Å². The smallest absolute Gasteiger partial charge is 0.244 e. The topological polar surface area (TPSA) is 72.7 Å². The number of aromatic nitrogens is 3. The number of hydrogen-bond donors (Lipinski definition) is 0. The van der Waals surface area contributed by atoms with Crippen LogP contribution in [0.2, 0.25) is 5.02 Å². The molecule has 1 aromatic carbocycles. The van der Waals surface area contributed by atoms with Crippen molar-refractivity contribution in [3.8, 4) is 11.6 Å². The number of fused-ring (bicyclic) bond motifs is 1. The number of methoxy groups -OCH3 is 2. The van der Waals surface area contributed by atoms with Gasteiger partial charge in [-0.3, -0.25) is 9.48 Å². The molecule has 0 atom stereocenters. The van der Waals surface area contributed by atoms with Gasteiger partial charge in [-0.05, 0) is 18.2 Å². The number of hydrogen-bond acceptors (Lipinski definition) is 6. The Bertz CT molecular complexity index is 1030. The fourth-order valence-corrected chi connectivity index (χ4v) is 3.75. The van der Waals surface area contributed by atoms with Gasteiger partial charge >= 0.3 is 0 Å². The first-order chi connectivity index (χ1) is 14.1. The molecular weight excluding hydrogens is 394 g/mol. The molecule has 9 heteroatoms. The lowest BCUT2D eigenvalue weighted by atomic mass is 10.2. The minimum absolute atomic E-state index is 0.0408. The first-order valence-corrected chi connectivity index (χ1v) is 9.69. The normalized spacial score (nSPS) is 14.3. The van der Waals surface area contributed by atoms with Crippen LogP contribution in [-0.4, -0.2) is 66.0 Å². The third kappa shape index (κ3) is 3.80. The molecule has 0 unspecified atom stereocenters. The Morgan fingerprint density at radius 1 is 1.14 bits per heavy atom. The fraction of sp³-hybridized carbons (Fsp3) is 0.350. The van der Waals surface area contributed by atoms with E-state index in [1.54, 1.807) is 31.3 Å². The SMILES string of the molecule is COc1cc(N2CCN(C(=O)Cn3ncc4c(OC)nccc43)CC2)ccc1Cl. The van der Waals surface area contributed by atoms with E-state index in [1.807, 2.05) is 29.2 Å². The van der Waals surface area contributed by atoms with E-state index in [4.69, 9.17) is 21.1 Å². The van der Waals surface area contributed by atoms with Gasteiger partial charge in [-0.2, -0.15) is 5.10 Å². The van der Waals surface area contributed by atoms with E-state index in [0.29, 0.717) is 29.7 Å². The second kappa shape index (κ2) is 8.16. The first kappa shape index (κ1) is 19.3. The summed E-state index contributed by atoms with van der Waals surface area (Å²) >= 11 is 6.11. The lowest BCUT2D eigenvalue weighted by Crippen LogP contribution is -2.49. The molecule has 1 aliphatic rings. The number of carbonyl (C=O) groups excluding carboxylic acids is 1. The molecule has 1 amide bonds. The monoisotopic (exact) mass is 415 g/mol. The molecule has 3 aromatic rings. The third-order valence-electron chi connectivity index (χ3n) is 5.15. The zero-order valence-corrected chi connectivity index (χ0v) is 17.1. The number of benzene rings is 1. The molecule has 0 N–H and O–H groups in total. The third-order valence-corrected chi connectivity index (χ3v) is 5.46. The minimum Gasteiger partial charge on any atom is -0.495 e. The number of nitrogens with zero attached hydrogens (tertiary/aromatic N) is 5. The Morgan fingerprint density at radius 2 is 1.93 bits per heavy atom. The number of ether oxygens (including phenoxy) is 2. The van der Waals surface area contributed by atoms with Crippen LogP contribution in [0.1, 0.15) is 0 Å². The summed E-state index contributed by atoms with van der Waals surface area (Å²) in [6.45, 7) is 2.97. The van der Waals surface area contributed by atoms with E-state index in [1.165, 1.54) is 0 Å². The number of carbonyl (C=O) groups is 1. The van der Waals surface area contributed by atoms with Crippen molar-refractivity contribution in [2.45, 2.75) is 6.54 Å². The number of rotatable bonds is 5. The molecule has 1 saturated heterocycles. The number of halogens is 1. The van der Waals surface area contributed by atoms with E-state index in [2.05, 4.69) is 15.0 Å². The van der Waals surface area contributed by atoms with Gasteiger partial charge in [0.2, 0.25) is 11.8 Å². The van der Waals surface area contributed by atoms with Gasteiger partial charge in [0.25, 0.3) is 0 Å². The summed E-state index contributed by atoms with van der Waals surface area (Å²) in [5, 5.41) is 5.72. The Balaban J connectivity index is 1.41. The van der Waals surface area contributed by atoms with Crippen LogP contribution in [0.4, 0.5) is 5.69 Å². The van der Waals surface area contributed by atoms with Crippen LogP contribution < -0.4 is 14.4 Å². The standard InChI is InChI=1S/C20H22ClN5O3/c1-28-18-11-14(3-4-16(18)21)24-7-9-25(10-8-24)19(27)13-26-17-5-6-22-20(29-2)15(17)12-23-26/h3-6,11-12H,7-10,13H2,1-2H3. The van der Waals surface area contributed by atoms with Gasteiger partial charge in [0.1, 0.15) is 12.3 Å². The van der Waals surface area contributed by atoms with E-state index < -0.39 is 0 Å². The average molecular weight is 416 g/mol. The van der Waals surface area contributed by atoms with Gasteiger partial charge in [-0.25, -0.2) is 4.98 Å². The fourth-order valence-electron chi connectivity index (χ4n) is 3.56. The van der Waals surface area contributed by atoms with E-state index in [9.17, 15) is 4.79 Å². The summed E-state index contributed by atoms with van der Waals surface area (Å²) in [6, 6.07) is 7.57. The van der Waals surface area contributed by atoms with Crippen molar-refractivity contribution in [3.63, 3.8) is 0 Å². The van der Waals surface area contributed by atoms with E-state index in [0.717, 1.165) is 29.7 Å². The number of anilines is 1. The summed E-state index contributed by atoms with van der Waals surface area (Å²) in [5.41, 5.74) is 1.87. The van der Waals surface area contributed by atoms with Crippen LogP contribution >= 0.6 is 11.6 Å². The second-order valence-corrected chi connectivity index (χ2v) is 7.15. The Labute approximate surface area is 173 Å². The average Bonchev–Trinajstić information content (AvgIpc) is 3.17. The summed E-state index contributed by atoms with van der Waals surface area (Å²) in [4.78, 5) is 21.1. The molecule has 8 nitrogen and oxygen atoms in total. The van der Waals surface area contributed by atoms with Crippen molar-refractivity contribution in [2.24, 2.45) is 0 Å². The summed E-state index contributed by atoms with van der Waals surface area (Å²) in [7, 11) is 3.17. The van der Waals surface area contributed by atoms with Crippen LogP contribution in [0.25, 0.3) is 10.9 Å². The van der Waals surface area contributed by atoms with Gasteiger partial charge in [0.15, 0.2) is 0 Å². The van der Waals surface area contributed by atoms with E-state index >= 15 is 0 Å². The van der Waals surface area contributed by atoms with Crippen molar-refractivity contribution in [1.29, 1.82) is 0 Å². The van der Waals surface area contributed by atoms with Crippen molar-refractivity contribution in [1.82, 2.24) is 19.7 Å². The maximum atomic E-state index is 12.8. The van der Waals surface area contributed by atoms with Gasteiger partial charge in [-0.15, -0.1) is 0 Å². The molecule has 2 aromatic heterocycles. The molecular formula is C20H22ClN5O3. The molecule has 0 saturated carbocycles. The zero-order valence-electron chi connectivity index (χ0n) is 16.3. The second-order valence-electron chi connectivity index (χ2n) is 6.74. The van der Waals surface area contributed by atoms with Crippen molar-refractivity contribution < 1.29 is 14.3 Å². The van der Waals surface area contributed by atoms with E-state index in [-0.39, 0.29) is 12.5 Å². The quantitative estimate of drug-likeness (QED) is 0.637. The predicted molar refractivity (Wildman–Crippen MR) is 111 cm³/mol. The largest absolute Gasteiger partial charge is 0.495 e. The lowest BCUT2D eigenvalue weighted by Gasteiger charge is -2.36. The number of piperazine rings is 1. The Morgan fingerprint density at radius 3 is 2.66 bits per heavy atom. The Kier molecular flexibility index (Phi) is 5.44. The van der Waals surface area contributed by atoms with Gasteiger partial charge in [0.05, 0.1) is 36.3 Å². The van der Waals surface area contributed by atoms with Crippen LogP contribution in [0.3, 0.4) is 0 Å². The van der Waals surface area contributed by atoms with Crippen LogP contribution in [0.15, 0.2) is 36.7 Å². The molecule has 29 heavy (non-hydrogen) atoms. The maximum absolute atomic E-state index is 12.8. The summed E-state index contributed by atoms with van der Waals surface area (Å²) in [5.74, 6) is 1.20. The maximum Gasteiger partial charge on any atom is 0.244 e. The number of amides is 1. The summed E-state index contributed by atoms with van der Waals surface area (Å²) in [6.07, 6.45) is 3.34. The highest BCUT2D eigenvalue weighted by Crippen LogP contribution is 2.30. The predicted octanol–water partition coefficient (Wildman–Crippen LogP) is 2.45. The highest BCUT2D eigenvalue weighted by atomic mass is 35.5. The summed E-state index contributed by atoms with van der Waals surface area (Å²) < 4.78 is 12.2. The zero-order chi connectivity index (χ0) is 20.4. The molecule has 0 bridgehead atoms. The molecule has 4 rings (SSSR count). The first-order valence-electron chi connectivity index (χ1n) is 9.31. The van der Waals surface area contributed by atoms with Crippen molar-refractivity contribution >= 4 is 34.1 Å².